The number of piperazine rings is 1. The molecule has 29 heavy (non-hydrogen) atoms. The Labute approximate surface area is 168 Å². The standard InChI is InChI=1S/C21H18N6O2/c22-14-17(15-23)24-25-19-9-5-4-8-18(19)21(29)27-12-10-26(11-13-27)20(28)16-6-2-1-3-7-16/h1-9,25H,10-13H2. The van der Waals surface area contributed by atoms with Gasteiger partial charge >= 0.3 is 0 Å². The fourth-order valence-electron chi connectivity index (χ4n) is 3.00. The zero-order valence-corrected chi connectivity index (χ0v) is 15.6. The maximum absolute atomic E-state index is 13.0. The SMILES string of the molecule is N#CC(C#N)=NNc1ccccc1C(=O)N1CCN(C(=O)c2ccccc2)CC1. The number of carbonyl (C=O) groups is 2. The van der Waals surface area contributed by atoms with E-state index in [0.717, 1.165) is 0 Å². The van der Waals surface area contributed by atoms with E-state index in [2.05, 4.69) is 10.5 Å². The summed E-state index contributed by atoms with van der Waals surface area (Å²) in [5, 5.41) is 21.3. The van der Waals surface area contributed by atoms with E-state index in [1.807, 2.05) is 18.2 Å². The van der Waals surface area contributed by atoms with Crippen molar-refractivity contribution in [2.24, 2.45) is 5.10 Å². The number of rotatable bonds is 4. The highest BCUT2D eigenvalue weighted by atomic mass is 16.2. The van der Waals surface area contributed by atoms with Gasteiger partial charge in [0.1, 0.15) is 12.1 Å². The van der Waals surface area contributed by atoms with Crippen LogP contribution in [-0.4, -0.2) is 53.5 Å². The van der Waals surface area contributed by atoms with Crippen molar-refractivity contribution >= 4 is 23.2 Å². The van der Waals surface area contributed by atoms with Crippen LogP contribution in [0.4, 0.5) is 5.69 Å². The van der Waals surface area contributed by atoms with Crippen LogP contribution in [-0.2, 0) is 0 Å². The number of hydrogen-bond acceptors (Lipinski definition) is 6. The van der Waals surface area contributed by atoms with Crippen LogP contribution in [0.2, 0.25) is 0 Å². The summed E-state index contributed by atoms with van der Waals surface area (Å²) < 4.78 is 0. The Morgan fingerprint density at radius 3 is 2.00 bits per heavy atom. The molecule has 1 N–H and O–H groups in total. The minimum Gasteiger partial charge on any atom is -0.335 e. The molecule has 2 aromatic carbocycles. The van der Waals surface area contributed by atoms with Gasteiger partial charge in [-0.15, -0.1) is 0 Å². The quantitative estimate of drug-likeness (QED) is 0.639. The summed E-state index contributed by atoms with van der Waals surface area (Å²) in [6, 6.07) is 19.1. The Kier molecular flexibility index (Phi) is 6.18. The van der Waals surface area contributed by atoms with Crippen molar-refractivity contribution in [2.45, 2.75) is 0 Å². The number of hydrazone groups is 1. The maximum atomic E-state index is 13.0. The number of carbonyl (C=O) groups excluding carboxylic acids is 2. The van der Waals surface area contributed by atoms with Crippen LogP contribution in [0.5, 0.6) is 0 Å². The van der Waals surface area contributed by atoms with Gasteiger partial charge in [0.05, 0.1) is 11.3 Å². The molecule has 0 saturated carbocycles. The second kappa shape index (κ2) is 9.16. The van der Waals surface area contributed by atoms with E-state index in [9.17, 15) is 9.59 Å². The van der Waals surface area contributed by atoms with Crippen molar-refractivity contribution < 1.29 is 9.59 Å². The first-order chi connectivity index (χ1) is 14.1. The van der Waals surface area contributed by atoms with Crippen molar-refractivity contribution in [3.05, 3.63) is 65.7 Å². The summed E-state index contributed by atoms with van der Waals surface area (Å²) in [7, 11) is 0. The first-order valence-electron chi connectivity index (χ1n) is 9.00. The van der Waals surface area contributed by atoms with Gasteiger partial charge in [0, 0.05) is 31.7 Å². The minimum atomic E-state index is -0.333. The van der Waals surface area contributed by atoms with Crippen LogP contribution in [0.15, 0.2) is 59.7 Å². The highest BCUT2D eigenvalue weighted by Gasteiger charge is 2.26. The highest BCUT2D eigenvalue weighted by Crippen LogP contribution is 2.19. The van der Waals surface area contributed by atoms with E-state index >= 15 is 0 Å². The third-order valence-electron chi connectivity index (χ3n) is 4.53. The third kappa shape index (κ3) is 4.57. The number of nitrogens with zero attached hydrogens (tertiary/aromatic N) is 5. The summed E-state index contributed by atoms with van der Waals surface area (Å²) in [5.74, 6) is -0.250. The maximum Gasteiger partial charge on any atom is 0.256 e. The molecular formula is C21H18N6O2. The van der Waals surface area contributed by atoms with Crippen molar-refractivity contribution in [2.75, 3.05) is 31.6 Å². The number of nitriles is 2. The summed E-state index contributed by atoms with van der Waals surface area (Å²) in [5.41, 5.74) is 3.70. The number of nitrogens with one attached hydrogen (secondary N) is 1. The molecule has 8 heteroatoms. The highest BCUT2D eigenvalue weighted by molar-refractivity contribution is 6.10. The molecule has 0 unspecified atom stereocenters. The molecule has 0 aliphatic carbocycles. The first-order valence-corrected chi connectivity index (χ1v) is 9.00. The van der Waals surface area contributed by atoms with Gasteiger partial charge in [-0.3, -0.25) is 15.0 Å². The first kappa shape index (κ1) is 19.6. The number of para-hydroxylation sites is 1. The van der Waals surface area contributed by atoms with Crippen molar-refractivity contribution in [1.29, 1.82) is 10.5 Å². The Morgan fingerprint density at radius 2 is 1.38 bits per heavy atom. The molecule has 0 spiro atoms. The molecule has 8 nitrogen and oxygen atoms in total. The summed E-state index contributed by atoms with van der Waals surface area (Å²) in [4.78, 5) is 28.9. The van der Waals surface area contributed by atoms with Gasteiger partial charge in [0.15, 0.2) is 0 Å². The lowest BCUT2D eigenvalue weighted by Crippen LogP contribution is -2.50. The van der Waals surface area contributed by atoms with Gasteiger partial charge in [-0.05, 0) is 24.3 Å². The lowest BCUT2D eigenvalue weighted by molar-refractivity contribution is 0.0536. The lowest BCUT2D eigenvalue weighted by Gasteiger charge is -2.35. The molecule has 2 aromatic rings. The van der Waals surface area contributed by atoms with E-state index in [1.165, 1.54) is 0 Å². The van der Waals surface area contributed by atoms with Crippen LogP contribution >= 0.6 is 0 Å². The predicted octanol–water partition coefficient (Wildman–Crippen LogP) is 2.10. The molecule has 144 valence electrons. The van der Waals surface area contributed by atoms with Crippen molar-refractivity contribution in [3.63, 3.8) is 0 Å². The molecule has 0 atom stereocenters. The van der Waals surface area contributed by atoms with Crippen LogP contribution in [0.1, 0.15) is 20.7 Å². The Bertz CT molecular complexity index is 995. The lowest BCUT2D eigenvalue weighted by atomic mass is 10.1. The van der Waals surface area contributed by atoms with E-state index in [0.29, 0.717) is 43.0 Å². The van der Waals surface area contributed by atoms with Crippen molar-refractivity contribution in [1.82, 2.24) is 9.80 Å². The molecular weight excluding hydrogens is 368 g/mol. The molecule has 0 radical (unpaired) electrons. The van der Waals surface area contributed by atoms with Gasteiger partial charge in [-0.2, -0.15) is 15.6 Å². The molecule has 1 fully saturated rings. The van der Waals surface area contributed by atoms with E-state index in [-0.39, 0.29) is 17.5 Å². The monoisotopic (exact) mass is 386 g/mol. The van der Waals surface area contributed by atoms with E-state index < -0.39 is 0 Å². The number of anilines is 1. The van der Waals surface area contributed by atoms with E-state index in [4.69, 9.17) is 10.5 Å². The van der Waals surface area contributed by atoms with Gasteiger partial charge in [0.2, 0.25) is 5.71 Å². The Morgan fingerprint density at radius 1 is 0.828 bits per heavy atom. The molecule has 3 rings (SSSR count). The number of benzene rings is 2. The summed E-state index contributed by atoms with van der Waals surface area (Å²) >= 11 is 0. The normalized spacial score (nSPS) is 13.0. The van der Waals surface area contributed by atoms with E-state index in [1.54, 1.807) is 58.3 Å². The zero-order chi connectivity index (χ0) is 20.6. The summed E-state index contributed by atoms with van der Waals surface area (Å²) in [6.45, 7) is 1.72. The van der Waals surface area contributed by atoms with Gasteiger partial charge in [-0.1, -0.05) is 30.3 Å². The van der Waals surface area contributed by atoms with Gasteiger partial charge in [-0.25, -0.2) is 0 Å². The molecule has 2 amide bonds. The van der Waals surface area contributed by atoms with Crippen LogP contribution in [0.3, 0.4) is 0 Å². The smallest absolute Gasteiger partial charge is 0.256 e. The molecule has 1 heterocycles. The predicted molar refractivity (Wildman–Crippen MR) is 107 cm³/mol. The second-order valence-electron chi connectivity index (χ2n) is 6.29. The molecule has 0 aromatic heterocycles. The fraction of sp³-hybridized carbons (Fsp3) is 0.190. The zero-order valence-electron chi connectivity index (χ0n) is 15.6. The third-order valence-corrected chi connectivity index (χ3v) is 4.53. The van der Waals surface area contributed by atoms with Crippen molar-refractivity contribution in [3.8, 4) is 12.1 Å². The van der Waals surface area contributed by atoms with Gasteiger partial charge in [0.25, 0.3) is 11.8 Å². The molecule has 0 bridgehead atoms. The Balaban J connectivity index is 1.67. The van der Waals surface area contributed by atoms with Crippen LogP contribution in [0.25, 0.3) is 0 Å². The second-order valence-corrected chi connectivity index (χ2v) is 6.29. The molecule has 1 aliphatic heterocycles. The molecule has 1 saturated heterocycles. The van der Waals surface area contributed by atoms with Crippen LogP contribution in [0, 0.1) is 22.7 Å². The largest absolute Gasteiger partial charge is 0.335 e. The number of amides is 2. The van der Waals surface area contributed by atoms with Gasteiger partial charge < -0.3 is 9.80 Å². The fourth-order valence-corrected chi connectivity index (χ4v) is 3.00. The van der Waals surface area contributed by atoms with Crippen LogP contribution < -0.4 is 5.43 Å². The summed E-state index contributed by atoms with van der Waals surface area (Å²) in [6.07, 6.45) is 0. The topological polar surface area (TPSA) is 113 Å². The number of hydrogen-bond donors (Lipinski definition) is 1. The average Bonchev–Trinajstić information content (AvgIpc) is 2.80. The minimum absolute atomic E-state index is 0.0466. The average molecular weight is 386 g/mol. The Hall–Kier alpha value is -4.17. The molecule has 1 aliphatic rings.